The van der Waals surface area contributed by atoms with Gasteiger partial charge < -0.3 is 10.2 Å². The SMILES string of the molecule is CN=C(NCc1cccc(C)n1)N1CCC2(CCCCC2)C1. The third-order valence-electron chi connectivity index (χ3n) is 5.24. The summed E-state index contributed by atoms with van der Waals surface area (Å²) in [5.74, 6) is 1.03. The van der Waals surface area contributed by atoms with Crippen molar-refractivity contribution in [2.45, 2.75) is 52.0 Å². The molecule has 0 radical (unpaired) electrons. The van der Waals surface area contributed by atoms with Crippen LogP contribution in [0.4, 0.5) is 0 Å². The number of nitrogens with zero attached hydrogens (tertiary/aromatic N) is 3. The summed E-state index contributed by atoms with van der Waals surface area (Å²) in [5.41, 5.74) is 2.71. The Morgan fingerprint density at radius 2 is 2.09 bits per heavy atom. The summed E-state index contributed by atoms with van der Waals surface area (Å²) in [6.07, 6.45) is 8.38. The van der Waals surface area contributed by atoms with Crippen molar-refractivity contribution >= 4 is 5.96 Å². The van der Waals surface area contributed by atoms with Gasteiger partial charge in [-0.1, -0.05) is 25.3 Å². The van der Waals surface area contributed by atoms with Crippen LogP contribution in [-0.2, 0) is 6.54 Å². The molecule has 2 fully saturated rings. The first-order valence-electron chi connectivity index (χ1n) is 8.59. The molecule has 1 aliphatic heterocycles. The molecule has 1 aromatic heterocycles. The first-order valence-corrected chi connectivity index (χ1v) is 8.59. The van der Waals surface area contributed by atoms with E-state index < -0.39 is 0 Å². The Labute approximate surface area is 134 Å². The number of rotatable bonds is 2. The summed E-state index contributed by atoms with van der Waals surface area (Å²) in [4.78, 5) is 11.5. The fraction of sp³-hybridized carbons (Fsp3) is 0.667. The van der Waals surface area contributed by atoms with Gasteiger partial charge in [0.2, 0.25) is 0 Å². The molecule has 0 aromatic carbocycles. The molecule has 1 saturated heterocycles. The smallest absolute Gasteiger partial charge is 0.193 e. The van der Waals surface area contributed by atoms with Gasteiger partial charge in [0.25, 0.3) is 0 Å². The summed E-state index contributed by atoms with van der Waals surface area (Å²) < 4.78 is 0. The minimum absolute atomic E-state index is 0.567. The molecule has 2 aliphatic rings. The topological polar surface area (TPSA) is 40.5 Å². The lowest BCUT2D eigenvalue weighted by Crippen LogP contribution is -2.41. The van der Waals surface area contributed by atoms with Crippen molar-refractivity contribution in [3.05, 3.63) is 29.6 Å². The number of aryl methyl sites for hydroxylation is 1. The van der Waals surface area contributed by atoms with Crippen LogP contribution in [0.15, 0.2) is 23.2 Å². The summed E-state index contributed by atoms with van der Waals surface area (Å²) in [6.45, 7) is 5.10. The van der Waals surface area contributed by atoms with Gasteiger partial charge in [-0.25, -0.2) is 0 Å². The highest BCUT2D eigenvalue weighted by atomic mass is 15.3. The van der Waals surface area contributed by atoms with E-state index >= 15 is 0 Å². The van der Waals surface area contributed by atoms with E-state index in [1.54, 1.807) is 0 Å². The van der Waals surface area contributed by atoms with Crippen molar-refractivity contribution in [3.8, 4) is 0 Å². The van der Waals surface area contributed by atoms with Crippen LogP contribution in [0, 0.1) is 12.3 Å². The number of hydrogen-bond acceptors (Lipinski definition) is 2. The van der Waals surface area contributed by atoms with Crippen LogP contribution in [0.5, 0.6) is 0 Å². The largest absolute Gasteiger partial charge is 0.351 e. The summed E-state index contributed by atoms with van der Waals surface area (Å²) in [6, 6.07) is 6.17. The Bertz CT molecular complexity index is 532. The van der Waals surface area contributed by atoms with E-state index in [0.29, 0.717) is 5.41 Å². The Balaban J connectivity index is 1.58. The second kappa shape index (κ2) is 6.67. The van der Waals surface area contributed by atoms with Crippen LogP contribution >= 0.6 is 0 Å². The lowest BCUT2D eigenvalue weighted by molar-refractivity contribution is 0.203. The fourth-order valence-corrected chi connectivity index (χ4v) is 4.03. The summed E-state index contributed by atoms with van der Waals surface area (Å²) >= 11 is 0. The number of likely N-dealkylation sites (tertiary alicyclic amines) is 1. The van der Waals surface area contributed by atoms with E-state index in [-0.39, 0.29) is 0 Å². The zero-order chi connectivity index (χ0) is 15.4. The van der Waals surface area contributed by atoms with Crippen molar-refractivity contribution in [2.24, 2.45) is 10.4 Å². The van der Waals surface area contributed by atoms with E-state index in [0.717, 1.165) is 30.4 Å². The molecule has 1 spiro atoms. The molecule has 3 rings (SSSR count). The number of guanidine groups is 1. The first kappa shape index (κ1) is 15.3. The van der Waals surface area contributed by atoms with E-state index in [2.05, 4.69) is 32.3 Å². The molecule has 1 aliphatic carbocycles. The molecule has 0 amide bonds. The van der Waals surface area contributed by atoms with Crippen LogP contribution in [0.1, 0.15) is 49.9 Å². The third kappa shape index (κ3) is 3.42. The average Bonchev–Trinajstić information content (AvgIpc) is 2.92. The lowest BCUT2D eigenvalue weighted by atomic mass is 9.73. The second-order valence-corrected chi connectivity index (χ2v) is 6.90. The maximum Gasteiger partial charge on any atom is 0.193 e. The highest BCUT2D eigenvalue weighted by molar-refractivity contribution is 5.80. The van der Waals surface area contributed by atoms with E-state index in [9.17, 15) is 0 Å². The van der Waals surface area contributed by atoms with E-state index in [4.69, 9.17) is 0 Å². The van der Waals surface area contributed by atoms with Gasteiger partial charge in [-0.15, -0.1) is 0 Å². The molecule has 4 nitrogen and oxygen atoms in total. The summed E-state index contributed by atoms with van der Waals surface area (Å²) in [7, 11) is 1.89. The molecule has 1 aromatic rings. The Morgan fingerprint density at radius 3 is 2.82 bits per heavy atom. The highest BCUT2D eigenvalue weighted by Crippen LogP contribution is 2.43. The zero-order valence-corrected chi connectivity index (χ0v) is 13.9. The van der Waals surface area contributed by atoms with Gasteiger partial charge in [0.1, 0.15) is 0 Å². The molecular weight excluding hydrogens is 272 g/mol. The molecule has 4 heteroatoms. The minimum atomic E-state index is 0.567. The number of hydrogen-bond donors (Lipinski definition) is 1. The second-order valence-electron chi connectivity index (χ2n) is 6.90. The number of pyridine rings is 1. The number of nitrogens with one attached hydrogen (secondary N) is 1. The van der Waals surface area contributed by atoms with Crippen molar-refractivity contribution in [1.82, 2.24) is 15.2 Å². The molecule has 120 valence electrons. The number of aromatic nitrogens is 1. The van der Waals surface area contributed by atoms with Gasteiger partial charge in [-0.3, -0.25) is 9.98 Å². The van der Waals surface area contributed by atoms with Crippen molar-refractivity contribution in [2.75, 3.05) is 20.1 Å². The molecule has 0 unspecified atom stereocenters. The normalized spacial score (nSPS) is 21.4. The first-order chi connectivity index (χ1) is 10.7. The monoisotopic (exact) mass is 300 g/mol. The predicted molar refractivity (Wildman–Crippen MR) is 90.9 cm³/mol. The highest BCUT2D eigenvalue weighted by Gasteiger charge is 2.39. The van der Waals surface area contributed by atoms with Gasteiger partial charge in [-0.2, -0.15) is 0 Å². The van der Waals surface area contributed by atoms with Crippen molar-refractivity contribution in [1.29, 1.82) is 0 Å². The Morgan fingerprint density at radius 1 is 1.27 bits per heavy atom. The standard InChI is InChI=1S/C18H28N4/c1-15-7-6-8-16(21-15)13-20-17(19-2)22-12-11-18(14-22)9-4-3-5-10-18/h6-8H,3-5,9-14H2,1-2H3,(H,19,20). The van der Waals surface area contributed by atoms with Crippen molar-refractivity contribution < 1.29 is 0 Å². The molecule has 0 atom stereocenters. The molecule has 2 heterocycles. The predicted octanol–water partition coefficient (Wildman–Crippen LogP) is 3.12. The van der Waals surface area contributed by atoms with Crippen LogP contribution in [-0.4, -0.2) is 36.0 Å². The maximum absolute atomic E-state index is 4.55. The molecule has 1 N–H and O–H groups in total. The minimum Gasteiger partial charge on any atom is -0.351 e. The van der Waals surface area contributed by atoms with Gasteiger partial charge in [0.05, 0.1) is 12.2 Å². The number of aliphatic imine (C=N–C) groups is 1. The third-order valence-corrected chi connectivity index (χ3v) is 5.24. The molecule has 22 heavy (non-hydrogen) atoms. The molecular formula is C18H28N4. The molecule has 1 saturated carbocycles. The molecule has 0 bridgehead atoms. The average molecular weight is 300 g/mol. The van der Waals surface area contributed by atoms with Gasteiger partial charge >= 0.3 is 0 Å². The Kier molecular flexibility index (Phi) is 4.65. The van der Waals surface area contributed by atoms with E-state index in [1.807, 2.05) is 20.0 Å². The van der Waals surface area contributed by atoms with Gasteiger partial charge in [-0.05, 0) is 43.7 Å². The lowest BCUT2D eigenvalue weighted by Gasteiger charge is -2.33. The zero-order valence-electron chi connectivity index (χ0n) is 13.9. The van der Waals surface area contributed by atoms with E-state index in [1.165, 1.54) is 45.1 Å². The van der Waals surface area contributed by atoms with Crippen LogP contribution in [0.3, 0.4) is 0 Å². The Hall–Kier alpha value is -1.58. The van der Waals surface area contributed by atoms with Crippen LogP contribution in [0.25, 0.3) is 0 Å². The maximum atomic E-state index is 4.55. The summed E-state index contributed by atoms with van der Waals surface area (Å²) in [5, 5.41) is 3.49. The van der Waals surface area contributed by atoms with Crippen LogP contribution in [0.2, 0.25) is 0 Å². The van der Waals surface area contributed by atoms with Gasteiger partial charge in [0.15, 0.2) is 5.96 Å². The quantitative estimate of drug-likeness (QED) is 0.674. The van der Waals surface area contributed by atoms with Crippen molar-refractivity contribution in [3.63, 3.8) is 0 Å². The fourth-order valence-electron chi connectivity index (χ4n) is 4.03. The van der Waals surface area contributed by atoms with Crippen LogP contribution < -0.4 is 5.32 Å². The van der Waals surface area contributed by atoms with Gasteiger partial charge in [0, 0.05) is 25.8 Å².